The number of aromatic nitrogens is 2. The molecule has 1 saturated carbocycles. The number of hydrogen-bond donors (Lipinski definition) is 0. The third-order valence-electron chi connectivity index (χ3n) is 6.14. The summed E-state index contributed by atoms with van der Waals surface area (Å²) in [6, 6.07) is 12.3. The van der Waals surface area contributed by atoms with Crippen LogP contribution in [0.4, 0.5) is 0 Å². The van der Waals surface area contributed by atoms with Crippen LogP contribution in [0.5, 0.6) is 17.2 Å². The Kier molecular flexibility index (Phi) is 6.42. The molecular formula is C25H25ClN2O5. The van der Waals surface area contributed by atoms with Gasteiger partial charge in [0.15, 0.2) is 11.5 Å². The van der Waals surface area contributed by atoms with Crippen molar-refractivity contribution in [2.24, 2.45) is 13.0 Å². The van der Waals surface area contributed by atoms with Crippen molar-refractivity contribution in [2.75, 3.05) is 20.8 Å². The van der Waals surface area contributed by atoms with Crippen LogP contribution in [0, 0.1) is 5.92 Å². The molecular weight excluding hydrogens is 444 g/mol. The lowest BCUT2D eigenvalue weighted by Gasteiger charge is -2.20. The topological polar surface area (TPSA) is 79.7 Å². The zero-order valence-corrected chi connectivity index (χ0v) is 19.5. The highest BCUT2D eigenvalue weighted by molar-refractivity contribution is 6.30. The number of hydrogen-bond acceptors (Lipinski definition) is 6. The Morgan fingerprint density at radius 2 is 1.94 bits per heavy atom. The first-order chi connectivity index (χ1) is 15.9. The number of Topliss-reactive ketones (excluding diaryl/α,β-unsaturated/α-hetero) is 1. The maximum Gasteiger partial charge on any atom is 0.253 e. The minimum absolute atomic E-state index is 0.0761. The van der Waals surface area contributed by atoms with Crippen LogP contribution < -0.4 is 19.8 Å². The molecule has 2 aromatic heterocycles. The van der Waals surface area contributed by atoms with Crippen LogP contribution in [0.1, 0.15) is 17.7 Å². The van der Waals surface area contributed by atoms with Gasteiger partial charge in [0.2, 0.25) is 0 Å². The first kappa shape index (κ1) is 22.9. The van der Waals surface area contributed by atoms with E-state index in [0.717, 1.165) is 5.56 Å². The second-order valence-electron chi connectivity index (χ2n) is 8.19. The molecule has 0 saturated heterocycles. The average Bonchev–Trinajstić information content (AvgIpc) is 3.57. The highest BCUT2D eigenvalue weighted by Gasteiger charge is 2.59. The fourth-order valence-corrected chi connectivity index (χ4v) is 4.19. The summed E-state index contributed by atoms with van der Waals surface area (Å²) in [6.45, 7) is 0.250. The summed E-state index contributed by atoms with van der Waals surface area (Å²) in [7, 11) is 4.83. The van der Waals surface area contributed by atoms with Gasteiger partial charge >= 0.3 is 0 Å². The fraction of sp³-hybridized carbons (Fsp3) is 0.320. The molecule has 172 valence electrons. The molecule has 7 nitrogen and oxygen atoms in total. The molecule has 1 aliphatic rings. The van der Waals surface area contributed by atoms with E-state index in [-0.39, 0.29) is 30.3 Å². The van der Waals surface area contributed by atoms with Crippen LogP contribution in [0.25, 0.3) is 0 Å². The van der Waals surface area contributed by atoms with Crippen LogP contribution in [-0.4, -0.2) is 36.2 Å². The number of pyridine rings is 2. The lowest BCUT2D eigenvalue weighted by atomic mass is 9.91. The Bertz CT molecular complexity index is 1220. The smallest absolute Gasteiger partial charge is 0.253 e. The number of rotatable bonds is 9. The largest absolute Gasteiger partial charge is 0.493 e. The van der Waals surface area contributed by atoms with Crippen LogP contribution in [0.2, 0.25) is 5.02 Å². The van der Waals surface area contributed by atoms with Crippen LogP contribution in [-0.2, 0) is 23.7 Å². The third kappa shape index (κ3) is 4.73. The first-order valence-electron chi connectivity index (χ1n) is 10.5. The van der Waals surface area contributed by atoms with E-state index in [1.54, 1.807) is 45.7 Å². The second kappa shape index (κ2) is 9.27. The lowest BCUT2D eigenvalue weighted by Crippen LogP contribution is -2.25. The van der Waals surface area contributed by atoms with Crippen molar-refractivity contribution in [3.8, 4) is 17.2 Å². The van der Waals surface area contributed by atoms with Gasteiger partial charge in [0.05, 0.1) is 25.8 Å². The SMILES string of the molecule is COc1ccc(C2(COc3ccn(C)c(=O)c3)CC2C(=O)Cc2ccc(Cl)cn2)cc1OC. The van der Waals surface area contributed by atoms with Crippen LogP contribution in [0.15, 0.2) is 59.7 Å². The number of ketones is 1. The maximum absolute atomic E-state index is 13.2. The molecule has 1 aliphatic carbocycles. The molecule has 0 amide bonds. The van der Waals surface area contributed by atoms with E-state index in [1.807, 2.05) is 18.2 Å². The van der Waals surface area contributed by atoms with Crippen molar-refractivity contribution in [3.05, 3.63) is 81.5 Å². The van der Waals surface area contributed by atoms with Crippen molar-refractivity contribution in [1.29, 1.82) is 0 Å². The van der Waals surface area contributed by atoms with Gasteiger partial charge < -0.3 is 18.8 Å². The summed E-state index contributed by atoms with van der Waals surface area (Å²) < 4.78 is 18.3. The molecule has 0 aliphatic heterocycles. The number of carbonyl (C=O) groups excluding carboxylic acids is 1. The highest BCUT2D eigenvalue weighted by atomic mass is 35.5. The van der Waals surface area contributed by atoms with E-state index in [9.17, 15) is 9.59 Å². The quantitative estimate of drug-likeness (QED) is 0.477. The Morgan fingerprint density at radius 1 is 1.15 bits per heavy atom. The molecule has 0 spiro atoms. The van der Waals surface area contributed by atoms with Crippen LogP contribution >= 0.6 is 11.6 Å². The fourth-order valence-electron chi connectivity index (χ4n) is 4.08. The third-order valence-corrected chi connectivity index (χ3v) is 6.36. The summed E-state index contributed by atoms with van der Waals surface area (Å²) in [6.07, 6.45) is 4.03. The zero-order chi connectivity index (χ0) is 23.6. The summed E-state index contributed by atoms with van der Waals surface area (Å²) in [4.78, 5) is 29.4. The van der Waals surface area contributed by atoms with Gasteiger partial charge in [-0.1, -0.05) is 17.7 Å². The lowest BCUT2D eigenvalue weighted by molar-refractivity contribution is -0.120. The number of nitrogens with zero attached hydrogens (tertiary/aromatic N) is 2. The Balaban J connectivity index is 1.61. The van der Waals surface area contributed by atoms with E-state index in [4.69, 9.17) is 25.8 Å². The summed E-state index contributed by atoms with van der Waals surface area (Å²) in [5.41, 5.74) is 0.894. The Hall–Kier alpha value is -3.32. The molecule has 8 heteroatoms. The van der Waals surface area contributed by atoms with Crippen molar-refractivity contribution in [2.45, 2.75) is 18.3 Å². The van der Waals surface area contributed by atoms with Crippen molar-refractivity contribution in [3.63, 3.8) is 0 Å². The number of methoxy groups -OCH3 is 2. The van der Waals surface area contributed by atoms with Gasteiger partial charge in [-0.2, -0.15) is 0 Å². The molecule has 0 bridgehead atoms. The molecule has 2 heterocycles. The summed E-state index contributed by atoms with van der Waals surface area (Å²) in [5, 5.41) is 0.527. The number of halogens is 1. The van der Waals surface area contributed by atoms with E-state index >= 15 is 0 Å². The van der Waals surface area contributed by atoms with Gasteiger partial charge in [-0.05, 0) is 42.3 Å². The minimum atomic E-state index is -0.538. The highest BCUT2D eigenvalue weighted by Crippen LogP contribution is 2.56. The molecule has 33 heavy (non-hydrogen) atoms. The molecule has 0 N–H and O–H groups in total. The standard InChI is InChI=1S/C25H25ClN2O5/c1-28-9-8-19(12-24(28)30)33-15-25(16-4-7-22(31-2)23(10-16)32-3)13-20(25)21(29)11-18-6-5-17(26)14-27-18/h4-10,12,14,20H,11,13,15H2,1-3H3. The van der Waals surface area contributed by atoms with E-state index in [2.05, 4.69) is 4.98 Å². The molecule has 1 fully saturated rings. The van der Waals surface area contributed by atoms with E-state index in [1.165, 1.54) is 16.8 Å². The predicted octanol–water partition coefficient (Wildman–Crippen LogP) is 3.60. The zero-order valence-electron chi connectivity index (χ0n) is 18.7. The van der Waals surface area contributed by atoms with Gasteiger partial charge in [0, 0.05) is 49.0 Å². The first-order valence-corrected chi connectivity index (χ1v) is 10.9. The van der Waals surface area contributed by atoms with Gasteiger partial charge in [0.1, 0.15) is 11.5 Å². The molecule has 2 unspecified atom stereocenters. The molecule has 0 radical (unpaired) electrons. The minimum Gasteiger partial charge on any atom is -0.493 e. The van der Waals surface area contributed by atoms with E-state index < -0.39 is 5.41 Å². The maximum atomic E-state index is 13.2. The van der Waals surface area contributed by atoms with Crippen molar-refractivity contribution < 1.29 is 19.0 Å². The summed E-state index contributed by atoms with van der Waals surface area (Å²) >= 11 is 5.91. The van der Waals surface area contributed by atoms with Gasteiger partial charge in [-0.3, -0.25) is 14.6 Å². The van der Waals surface area contributed by atoms with Gasteiger partial charge in [0.25, 0.3) is 5.56 Å². The Labute approximate surface area is 196 Å². The molecule has 2 atom stereocenters. The van der Waals surface area contributed by atoms with Crippen LogP contribution in [0.3, 0.4) is 0 Å². The number of carbonyl (C=O) groups is 1. The van der Waals surface area contributed by atoms with E-state index in [0.29, 0.717) is 34.4 Å². The van der Waals surface area contributed by atoms with Gasteiger partial charge in [-0.25, -0.2) is 0 Å². The molecule has 4 rings (SSSR count). The van der Waals surface area contributed by atoms with Crippen molar-refractivity contribution >= 4 is 17.4 Å². The average molecular weight is 469 g/mol. The monoisotopic (exact) mass is 468 g/mol. The summed E-state index contributed by atoms with van der Waals surface area (Å²) in [5.74, 6) is 1.49. The predicted molar refractivity (Wildman–Crippen MR) is 124 cm³/mol. The van der Waals surface area contributed by atoms with Gasteiger partial charge in [-0.15, -0.1) is 0 Å². The number of aryl methyl sites for hydroxylation is 1. The normalized spacial score (nSPS) is 19.1. The Morgan fingerprint density at radius 3 is 2.61 bits per heavy atom. The number of ether oxygens (including phenoxy) is 3. The van der Waals surface area contributed by atoms with Crippen molar-refractivity contribution in [1.82, 2.24) is 9.55 Å². The number of benzene rings is 1. The molecule has 1 aromatic carbocycles. The second-order valence-corrected chi connectivity index (χ2v) is 8.63. The molecule has 3 aromatic rings.